The molecule has 2 heterocycles. The van der Waals surface area contributed by atoms with E-state index >= 15 is 0 Å². The van der Waals surface area contributed by atoms with Crippen LogP contribution in [0.5, 0.6) is 0 Å². The second kappa shape index (κ2) is 8.00. The van der Waals surface area contributed by atoms with E-state index in [1.807, 2.05) is 41.8 Å². The molecule has 4 rings (SSSR count). The van der Waals surface area contributed by atoms with Crippen LogP contribution < -0.4 is 5.63 Å². The molecule has 2 aromatic carbocycles. The molecule has 5 nitrogen and oxygen atoms in total. The van der Waals surface area contributed by atoms with Gasteiger partial charge in [0.05, 0.1) is 23.9 Å². The van der Waals surface area contributed by atoms with Gasteiger partial charge in [0, 0.05) is 16.5 Å². The number of esters is 1. The molecule has 4 aromatic rings. The number of carbonyl (C=O) groups excluding carboxylic acids is 1. The third kappa shape index (κ3) is 3.85. The fraction of sp³-hybridized carbons (Fsp3) is 0.0952. The van der Waals surface area contributed by atoms with Crippen LogP contribution in [-0.4, -0.2) is 18.1 Å². The van der Waals surface area contributed by atoms with Gasteiger partial charge < -0.3 is 9.15 Å². The van der Waals surface area contributed by atoms with Crippen LogP contribution in [0, 0.1) is 0 Å². The number of carbonyl (C=O) groups is 1. The van der Waals surface area contributed by atoms with Crippen molar-refractivity contribution in [2.24, 2.45) is 0 Å². The van der Waals surface area contributed by atoms with Gasteiger partial charge in [-0.05, 0) is 29.8 Å². The van der Waals surface area contributed by atoms with Gasteiger partial charge in [0.2, 0.25) is 0 Å². The molecule has 0 bridgehead atoms. The first-order chi connectivity index (χ1) is 13.6. The van der Waals surface area contributed by atoms with Crippen LogP contribution >= 0.6 is 23.1 Å². The van der Waals surface area contributed by atoms with Gasteiger partial charge in [0.15, 0.2) is 4.34 Å². The van der Waals surface area contributed by atoms with Gasteiger partial charge in [-0.15, -0.1) is 11.3 Å². The van der Waals surface area contributed by atoms with Crippen molar-refractivity contribution in [1.29, 1.82) is 0 Å². The fourth-order valence-corrected chi connectivity index (χ4v) is 4.47. The molecule has 0 unspecified atom stereocenters. The van der Waals surface area contributed by atoms with Crippen molar-refractivity contribution in [3.05, 3.63) is 81.5 Å². The minimum atomic E-state index is -0.390. The number of methoxy groups -OCH3 is 1. The lowest BCUT2D eigenvalue weighted by atomic mass is 10.1. The first-order valence-corrected chi connectivity index (χ1v) is 10.3. The van der Waals surface area contributed by atoms with E-state index in [0.29, 0.717) is 28.2 Å². The van der Waals surface area contributed by atoms with Crippen LogP contribution in [0.3, 0.4) is 0 Å². The van der Waals surface area contributed by atoms with Crippen molar-refractivity contribution in [2.75, 3.05) is 7.11 Å². The summed E-state index contributed by atoms with van der Waals surface area (Å²) in [5.41, 5.74) is 2.85. The number of hydrogen-bond donors (Lipinski definition) is 0. The Morgan fingerprint density at radius 2 is 1.96 bits per heavy atom. The lowest BCUT2D eigenvalue weighted by Gasteiger charge is -2.02. The van der Waals surface area contributed by atoms with Crippen LogP contribution in [0.25, 0.3) is 22.2 Å². The molecular formula is C21H15NO4S2. The maximum absolute atomic E-state index is 12.3. The normalized spacial score (nSPS) is 10.9. The number of rotatable bonds is 5. The molecule has 7 heteroatoms. The van der Waals surface area contributed by atoms with Crippen molar-refractivity contribution in [3.8, 4) is 11.3 Å². The highest BCUT2D eigenvalue weighted by Crippen LogP contribution is 2.30. The Hall–Kier alpha value is -2.90. The molecule has 0 amide bonds. The summed E-state index contributed by atoms with van der Waals surface area (Å²) in [5.74, 6) is 0.360. The van der Waals surface area contributed by atoms with E-state index in [1.165, 1.54) is 18.4 Å². The number of ether oxygens (including phenoxy) is 1. The summed E-state index contributed by atoms with van der Waals surface area (Å²) in [6.45, 7) is 0. The zero-order valence-electron chi connectivity index (χ0n) is 14.9. The predicted octanol–water partition coefficient (Wildman–Crippen LogP) is 5.00. The molecule has 0 aliphatic carbocycles. The van der Waals surface area contributed by atoms with Gasteiger partial charge >= 0.3 is 11.6 Å². The van der Waals surface area contributed by atoms with Gasteiger partial charge in [-0.1, -0.05) is 42.1 Å². The van der Waals surface area contributed by atoms with Crippen LogP contribution in [-0.2, 0) is 10.5 Å². The summed E-state index contributed by atoms with van der Waals surface area (Å²) in [6.07, 6.45) is 0. The van der Waals surface area contributed by atoms with E-state index in [0.717, 1.165) is 15.3 Å². The van der Waals surface area contributed by atoms with Gasteiger partial charge in [0.25, 0.3) is 0 Å². The summed E-state index contributed by atoms with van der Waals surface area (Å²) in [6, 6.07) is 16.5. The minimum Gasteiger partial charge on any atom is -0.465 e. The highest BCUT2D eigenvalue weighted by Gasteiger charge is 2.12. The summed E-state index contributed by atoms with van der Waals surface area (Å²) in [7, 11) is 1.36. The first-order valence-electron chi connectivity index (χ1n) is 8.43. The molecule has 0 spiro atoms. The summed E-state index contributed by atoms with van der Waals surface area (Å²) >= 11 is 3.06. The van der Waals surface area contributed by atoms with Gasteiger partial charge in [0.1, 0.15) is 5.58 Å². The molecule has 0 saturated heterocycles. The molecule has 140 valence electrons. The molecule has 0 radical (unpaired) electrons. The van der Waals surface area contributed by atoms with Gasteiger partial charge in [-0.2, -0.15) is 0 Å². The highest BCUT2D eigenvalue weighted by atomic mass is 32.2. The predicted molar refractivity (Wildman–Crippen MR) is 111 cm³/mol. The van der Waals surface area contributed by atoms with Crippen LogP contribution in [0.15, 0.2) is 73.5 Å². The number of para-hydroxylation sites is 1. The van der Waals surface area contributed by atoms with Crippen molar-refractivity contribution in [3.63, 3.8) is 0 Å². The van der Waals surface area contributed by atoms with Crippen LogP contribution in [0.4, 0.5) is 0 Å². The average molecular weight is 409 g/mol. The number of aromatic nitrogens is 1. The van der Waals surface area contributed by atoms with Crippen molar-refractivity contribution in [1.82, 2.24) is 4.98 Å². The number of nitrogens with zero attached hydrogens (tertiary/aromatic N) is 1. The van der Waals surface area contributed by atoms with Crippen molar-refractivity contribution in [2.45, 2.75) is 10.1 Å². The number of hydrogen-bond acceptors (Lipinski definition) is 7. The lowest BCUT2D eigenvalue weighted by molar-refractivity contribution is 0.0600. The molecule has 0 N–H and O–H groups in total. The highest BCUT2D eigenvalue weighted by molar-refractivity contribution is 8.00. The molecule has 0 aliphatic rings. The van der Waals surface area contributed by atoms with E-state index in [2.05, 4.69) is 4.98 Å². The Balaban J connectivity index is 1.50. The van der Waals surface area contributed by atoms with E-state index in [9.17, 15) is 9.59 Å². The molecule has 0 saturated carbocycles. The second-order valence-corrected chi connectivity index (χ2v) is 8.04. The molecule has 0 aliphatic heterocycles. The Morgan fingerprint density at radius 1 is 1.18 bits per heavy atom. The zero-order valence-corrected chi connectivity index (χ0v) is 16.5. The summed E-state index contributed by atoms with van der Waals surface area (Å²) < 4.78 is 11.0. The smallest absolute Gasteiger partial charge is 0.345 e. The van der Waals surface area contributed by atoms with Crippen molar-refractivity contribution >= 4 is 40.0 Å². The zero-order chi connectivity index (χ0) is 19.5. The van der Waals surface area contributed by atoms with Gasteiger partial charge in [-0.25, -0.2) is 14.6 Å². The largest absolute Gasteiger partial charge is 0.465 e. The van der Waals surface area contributed by atoms with E-state index in [-0.39, 0.29) is 11.6 Å². The molecule has 0 atom stereocenters. The van der Waals surface area contributed by atoms with E-state index in [1.54, 1.807) is 30.0 Å². The van der Waals surface area contributed by atoms with E-state index < -0.39 is 0 Å². The standard InChI is InChI=1S/C21H15NO4S2/c1-25-19(23)14-8-6-13(7-9-14)11-27-21-22-17(12-28-21)16-10-15-4-2-3-5-18(15)26-20(16)24/h2-10,12H,11H2,1H3. The average Bonchev–Trinajstić information content (AvgIpc) is 3.20. The molecule has 2 aromatic heterocycles. The Bertz CT molecular complexity index is 1190. The topological polar surface area (TPSA) is 69.4 Å². The fourth-order valence-electron chi connectivity index (χ4n) is 2.69. The Morgan fingerprint density at radius 3 is 2.75 bits per heavy atom. The third-order valence-corrected chi connectivity index (χ3v) is 6.23. The molecule has 0 fully saturated rings. The molecule has 28 heavy (non-hydrogen) atoms. The van der Waals surface area contributed by atoms with E-state index in [4.69, 9.17) is 9.15 Å². The molecular weight excluding hydrogens is 394 g/mol. The Labute approximate surface area is 169 Å². The number of benzene rings is 2. The SMILES string of the molecule is COC(=O)c1ccc(CSc2nc(-c3cc4ccccc4oc3=O)cs2)cc1. The second-order valence-electron chi connectivity index (χ2n) is 5.96. The first kappa shape index (κ1) is 18.5. The quantitative estimate of drug-likeness (QED) is 0.263. The minimum absolute atomic E-state index is 0.349. The summed E-state index contributed by atoms with van der Waals surface area (Å²) in [4.78, 5) is 28.3. The van der Waals surface area contributed by atoms with Crippen molar-refractivity contribution < 1.29 is 13.9 Å². The van der Waals surface area contributed by atoms with Gasteiger partial charge in [-0.3, -0.25) is 0 Å². The lowest BCUT2D eigenvalue weighted by Crippen LogP contribution is -2.02. The Kier molecular flexibility index (Phi) is 5.27. The maximum atomic E-state index is 12.3. The number of thioether (sulfide) groups is 1. The third-order valence-electron chi connectivity index (χ3n) is 4.14. The van der Waals surface area contributed by atoms with Crippen LogP contribution in [0.1, 0.15) is 15.9 Å². The maximum Gasteiger partial charge on any atom is 0.345 e. The number of fused-ring (bicyclic) bond motifs is 1. The monoisotopic (exact) mass is 409 g/mol. The van der Waals surface area contributed by atoms with Crippen LogP contribution in [0.2, 0.25) is 0 Å². The summed E-state index contributed by atoms with van der Waals surface area (Å²) in [5, 5.41) is 2.73. The number of thiazole rings is 1.